The van der Waals surface area contributed by atoms with Crippen LogP contribution < -0.4 is 10.2 Å². The van der Waals surface area contributed by atoms with Crippen LogP contribution in [0.1, 0.15) is 0 Å². The molecule has 1 aromatic rings. The van der Waals surface area contributed by atoms with Crippen molar-refractivity contribution < 1.29 is 27.2 Å². The van der Waals surface area contributed by atoms with Crippen molar-refractivity contribution in [3.8, 4) is 5.75 Å². The number of rotatable bonds is 3. The molecule has 0 spiro atoms. The van der Waals surface area contributed by atoms with Crippen LogP contribution in [-0.2, 0) is 0 Å². The zero-order valence-corrected chi connectivity index (χ0v) is 10.5. The number of hydrogen-bond donors (Lipinski definition) is 1. The van der Waals surface area contributed by atoms with Crippen LogP contribution in [0.3, 0.4) is 0 Å². The molecule has 0 bridgehead atoms. The van der Waals surface area contributed by atoms with Crippen LogP contribution in [0, 0.1) is 15.9 Å². The zero-order valence-electron chi connectivity index (χ0n) is 10.5. The molecule has 1 unspecified atom stereocenters. The molecule has 1 N–H and O–H groups in total. The first kappa shape index (κ1) is 15.0. The topological polar surface area (TPSA) is 67.6 Å². The highest BCUT2D eigenvalue weighted by molar-refractivity contribution is 5.46. The minimum atomic E-state index is -4.60. The van der Waals surface area contributed by atoms with Crippen LogP contribution in [0.15, 0.2) is 30.0 Å². The Morgan fingerprint density at radius 2 is 2.10 bits per heavy atom. The van der Waals surface area contributed by atoms with Crippen LogP contribution in [0.4, 0.5) is 23.2 Å². The lowest BCUT2D eigenvalue weighted by Crippen LogP contribution is -2.39. The number of hydrogen-bond acceptors (Lipinski definition) is 5. The fourth-order valence-corrected chi connectivity index (χ4v) is 1.77. The number of allylic oxidation sites excluding steroid dienone is 1. The Morgan fingerprint density at radius 3 is 2.62 bits per heavy atom. The number of hydrazine groups is 1. The summed E-state index contributed by atoms with van der Waals surface area (Å²) in [5, 5.41) is 11.4. The lowest BCUT2D eigenvalue weighted by Gasteiger charge is -2.20. The van der Waals surface area contributed by atoms with Gasteiger partial charge in [-0.05, 0) is 6.07 Å². The molecule has 1 atom stereocenters. The predicted molar refractivity (Wildman–Crippen MR) is 62.5 cm³/mol. The molecular weight excluding hydrogens is 298 g/mol. The van der Waals surface area contributed by atoms with Gasteiger partial charge >= 0.3 is 11.9 Å². The molecular formula is C11H9F4N3O3. The summed E-state index contributed by atoms with van der Waals surface area (Å²) in [6.07, 6.45) is -5.20. The highest BCUT2D eigenvalue weighted by atomic mass is 19.4. The third kappa shape index (κ3) is 3.21. The number of nitrogens with one attached hydrogen (secondary N) is 1. The van der Waals surface area contributed by atoms with Crippen LogP contribution in [-0.4, -0.2) is 29.4 Å². The van der Waals surface area contributed by atoms with Crippen molar-refractivity contribution in [3.05, 3.63) is 45.9 Å². The molecule has 0 aliphatic carbocycles. The van der Waals surface area contributed by atoms with Gasteiger partial charge in [0.2, 0.25) is 5.75 Å². The monoisotopic (exact) mass is 307 g/mol. The van der Waals surface area contributed by atoms with E-state index in [9.17, 15) is 27.7 Å². The molecule has 10 heteroatoms. The maximum Gasteiger partial charge on any atom is 0.432 e. The second kappa shape index (κ2) is 5.20. The number of benzene rings is 1. The van der Waals surface area contributed by atoms with E-state index in [1.54, 1.807) is 0 Å². The van der Waals surface area contributed by atoms with Gasteiger partial charge in [0, 0.05) is 25.3 Å². The van der Waals surface area contributed by atoms with Crippen LogP contribution in [0.5, 0.6) is 5.75 Å². The van der Waals surface area contributed by atoms with Gasteiger partial charge < -0.3 is 9.75 Å². The molecule has 0 fully saturated rings. The first-order valence-corrected chi connectivity index (χ1v) is 5.58. The average Bonchev–Trinajstić information content (AvgIpc) is 2.69. The third-order valence-corrected chi connectivity index (χ3v) is 2.65. The summed E-state index contributed by atoms with van der Waals surface area (Å²) >= 11 is 0. The van der Waals surface area contributed by atoms with Gasteiger partial charge in [-0.1, -0.05) is 0 Å². The van der Waals surface area contributed by atoms with Gasteiger partial charge in [0.25, 0.3) is 0 Å². The smallest absolute Gasteiger partial charge is 0.432 e. The predicted octanol–water partition coefficient (Wildman–Crippen LogP) is 2.33. The van der Waals surface area contributed by atoms with Crippen molar-refractivity contribution in [2.24, 2.45) is 0 Å². The normalized spacial score (nSPS) is 18.6. The van der Waals surface area contributed by atoms with Gasteiger partial charge in [0.05, 0.1) is 4.92 Å². The number of nitro groups is 1. The number of halogens is 4. The number of nitrogens with zero attached hydrogens (tertiary/aromatic N) is 2. The maximum absolute atomic E-state index is 13.1. The van der Waals surface area contributed by atoms with Crippen LogP contribution in [0.2, 0.25) is 0 Å². The molecule has 21 heavy (non-hydrogen) atoms. The second-order valence-corrected chi connectivity index (χ2v) is 4.15. The van der Waals surface area contributed by atoms with Crippen molar-refractivity contribution in [1.82, 2.24) is 10.4 Å². The van der Waals surface area contributed by atoms with Gasteiger partial charge in [-0.25, -0.2) is 4.39 Å². The van der Waals surface area contributed by atoms with Crippen molar-refractivity contribution in [3.63, 3.8) is 0 Å². The molecule has 1 aliphatic heterocycles. The van der Waals surface area contributed by atoms with E-state index < -0.39 is 40.3 Å². The van der Waals surface area contributed by atoms with Crippen molar-refractivity contribution in [2.75, 3.05) is 7.05 Å². The van der Waals surface area contributed by atoms with Crippen LogP contribution >= 0.6 is 0 Å². The first-order valence-electron chi connectivity index (χ1n) is 5.58. The van der Waals surface area contributed by atoms with E-state index in [-0.39, 0.29) is 0 Å². The fourth-order valence-electron chi connectivity index (χ4n) is 1.77. The van der Waals surface area contributed by atoms with Crippen LogP contribution in [0.25, 0.3) is 0 Å². The summed E-state index contributed by atoms with van der Waals surface area (Å²) in [6, 6.07) is 2.47. The lowest BCUT2D eigenvalue weighted by molar-refractivity contribution is -0.386. The maximum atomic E-state index is 13.1. The Balaban J connectivity index is 2.26. The summed E-state index contributed by atoms with van der Waals surface area (Å²) < 4.78 is 56.0. The highest BCUT2D eigenvalue weighted by Gasteiger charge is 2.41. The van der Waals surface area contributed by atoms with E-state index in [0.29, 0.717) is 11.1 Å². The van der Waals surface area contributed by atoms with Gasteiger partial charge in [0.1, 0.15) is 11.5 Å². The standard InChI is InChI=1S/C11H9F4N3O3/c1-17-9(11(13,14)15)5-10(16-17)21-8-4-6(12)2-3-7(8)18(19)20/h2-5,10,16H,1H3. The molecule has 0 radical (unpaired) electrons. The van der Waals surface area contributed by atoms with Gasteiger partial charge in [-0.3, -0.25) is 10.1 Å². The van der Waals surface area contributed by atoms with E-state index in [2.05, 4.69) is 5.43 Å². The average molecular weight is 307 g/mol. The van der Waals surface area contributed by atoms with Gasteiger partial charge in [-0.15, -0.1) is 0 Å². The van der Waals surface area contributed by atoms with Crippen molar-refractivity contribution in [2.45, 2.75) is 12.4 Å². The number of alkyl halides is 3. The molecule has 1 aromatic carbocycles. The van der Waals surface area contributed by atoms with Gasteiger partial charge in [0.15, 0.2) is 6.23 Å². The fraction of sp³-hybridized carbons (Fsp3) is 0.273. The lowest BCUT2D eigenvalue weighted by atomic mass is 10.3. The largest absolute Gasteiger partial charge is 0.463 e. The summed E-state index contributed by atoms with van der Waals surface area (Å²) in [6.45, 7) is 0. The summed E-state index contributed by atoms with van der Waals surface area (Å²) in [5.41, 5.74) is 0.744. The quantitative estimate of drug-likeness (QED) is 0.527. The highest BCUT2D eigenvalue weighted by Crippen LogP contribution is 2.33. The summed E-state index contributed by atoms with van der Waals surface area (Å²) in [4.78, 5) is 9.95. The number of ether oxygens (including phenoxy) is 1. The van der Waals surface area contributed by atoms with E-state index in [1.165, 1.54) is 0 Å². The zero-order chi connectivity index (χ0) is 15.8. The second-order valence-electron chi connectivity index (χ2n) is 4.15. The molecule has 1 heterocycles. The molecule has 1 aliphatic rings. The minimum Gasteiger partial charge on any atom is -0.463 e. The Morgan fingerprint density at radius 1 is 1.43 bits per heavy atom. The molecule has 0 saturated heterocycles. The summed E-state index contributed by atoms with van der Waals surface area (Å²) in [5.74, 6) is -1.27. The Kier molecular flexibility index (Phi) is 3.73. The molecule has 0 saturated carbocycles. The van der Waals surface area contributed by atoms with Crippen molar-refractivity contribution in [1.29, 1.82) is 0 Å². The first-order chi connectivity index (χ1) is 9.68. The van der Waals surface area contributed by atoms with E-state index >= 15 is 0 Å². The Hall–Kier alpha value is -2.36. The molecule has 2 rings (SSSR count). The van der Waals surface area contributed by atoms with E-state index in [0.717, 1.165) is 25.2 Å². The summed E-state index contributed by atoms with van der Waals surface area (Å²) in [7, 11) is 1.11. The Labute approximate surface area is 115 Å². The minimum absolute atomic E-state index is 0.467. The Bertz CT molecular complexity index is 603. The van der Waals surface area contributed by atoms with Gasteiger partial charge in [-0.2, -0.15) is 18.6 Å². The van der Waals surface area contributed by atoms with E-state index in [1.807, 2.05) is 0 Å². The SMILES string of the molecule is CN1NC(Oc2cc(F)ccc2[N+](=O)[O-])C=C1C(F)(F)F. The molecule has 114 valence electrons. The molecule has 0 amide bonds. The molecule has 0 aromatic heterocycles. The number of nitro benzene ring substituents is 1. The molecule has 6 nitrogen and oxygen atoms in total. The third-order valence-electron chi connectivity index (χ3n) is 2.65. The van der Waals surface area contributed by atoms with E-state index in [4.69, 9.17) is 4.74 Å². The van der Waals surface area contributed by atoms with Crippen molar-refractivity contribution >= 4 is 5.69 Å².